The van der Waals surface area contributed by atoms with Gasteiger partial charge in [-0.15, -0.1) is 0 Å². The zero-order chi connectivity index (χ0) is 10.8. The Balaban J connectivity index is 2.07. The van der Waals surface area contributed by atoms with Crippen molar-refractivity contribution in [2.24, 2.45) is 0 Å². The highest BCUT2D eigenvalue weighted by Crippen LogP contribution is 2.17. The molecule has 0 saturated carbocycles. The summed E-state index contributed by atoms with van der Waals surface area (Å²) in [6.07, 6.45) is 0.806. The number of aliphatic hydroxyl groups excluding tert-OH is 1. The van der Waals surface area contributed by atoms with Gasteiger partial charge >= 0.3 is 0 Å². The number of hydrogen-bond acceptors (Lipinski definition) is 2. The van der Waals surface area contributed by atoms with Crippen molar-refractivity contribution in [2.75, 3.05) is 13.1 Å². The quantitative estimate of drug-likeness (QED) is 0.796. The fourth-order valence-electron chi connectivity index (χ4n) is 2.17. The van der Waals surface area contributed by atoms with Crippen molar-refractivity contribution in [2.45, 2.75) is 32.9 Å². The molecule has 1 fully saturated rings. The van der Waals surface area contributed by atoms with Crippen LogP contribution in [0, 0.1) is 13.8 Å². The number of likely N-dealkylation sites (tertiary alicyclic amines) is 1. The first-order valence-electron chi connectivity index (χ1n) is 5.61. The molecule has 82 valence electrons. The van der Waals surface area contributed by atoms with E-state index in [-0.39, 0.29) is 6.10 Å². The second kappa shape index (κ2) is 4.33. The van der Waals surface area contributed by atoms with Crippen molar-refractivity contribution in [1.29, 1.82) is 0 Å². The fourth-order valence-corrected chi connectivity index (χ4v) is 2.17. The van der Waals surface area contributed by atoms with Gasteiger partial charge in [-0.25, -0.2) is 0 Å². The van der Waals surface area contributed by atoms with E-state index in [4.69, 9.17) is 0 Å². The molecule has 0 spiro atoms. The SMILES string of the molecule is Cc1ccc(C)c(CN2CCC(O)C2)c1. The van der Waals surface area contributed by atoms with E-state index in [0.29, 0.717) is 0 Å². The first-order valence-corrected chi connectivity index (χ1v) is 5.61. The van der Waals surface area contributed by atoms with Gasteiger partial charge in [-0.2, -0.15) is 0 Å². The second-order valence-corrected chi connectivity index (χ2v) is 4.61. The van der Waals surface area contributed by atoms with Gasteiger partial charge in [-0.3, -0.25) is 4.90 Å². The summed E-state index contributed by atoms with van der Waals surface area (Å²) in [5.41, 5.74) is 4.06. The summed E-state index contributed by atoms with van der Waals surface area (Å²) in [6.45, 7) is 7.11. The van der Waals surface area contributed by atoms with Gasteiger partial charge in [0.05, 0.1) is 6.10 Å². The zero-order valence-electron chi connectivity index (χ0n) is 9.53. The maximum atomic E-state index is 9.46. The molecule has 1 atom stereocenters. The lowest BCUT2D eigenvalue weighted by molar-refractivity contribution is 0.174. The van der Waals surface area contributed by atoms with Crippen molar-refractivity contribution < 1.29 is 5.11 Å². The number of nitrogens with zero attached hydrogens (tertiary/aromatic N) is 1. The molecule has 0 radical (unpaired) electrons. The second-order valence-electron chi connectivity index (χ2n) is 4.61. The van der Waals surface area contributed by atoms with Gasteiger partial charge < -0.3 is 5.11 Å². The third-order valence-electron chi connectivity index (χ3n) is 3.15. The molecule has 2 heteroatoms. The Morgan fingerprint density at radius 1 is 1.40 bits per heavy atom. The average molecular weight is 205 g/mol. The van der Waals surface area contributed by atoms with Gasteiger partial charge in [-0.05, 0) is 31.4 Å². The van der Waals surface area contributed by atoms with Crippen LogP contribution in [0.25, 0.3) is 0 Å². The Bertz CT molecular complexity index is 348. The molecule has 0 aliphatic carbocycles. The Morgan fingerprint density at radius 3 is 2.87 bits per heavy atom. The van der Waals surface area contributed by atoms with Gasteiger partial charge in [0.2, 0.25) is 0 Å². The molecule has 1 N–H and O–H groups in total. The van der Waals surface area contributed by atoms with E-state index in [2.05, 4.69) is 36.9 Å². The van der Waals surface area contributed by atoms with Gasteiger partial charge in [-0.1, -0.05) is 23.8 Å². The minimum Gasteiger partial charge on any atom is -0.392 e. The van der Waals surface area contributed by atoms with Crippen LogP contribution < -0.4 is 0 Å². The van der Waals surface area contributed by atoms with Crippen molar-refractivity contribution in [3.8, 4) is 0 Å². The van der Waals surface area contributed by atoms with E-state index in [1.165, 1.54) is 16.7 Å². The highest BCUT2D eigenvalue weighted by atomic mass is 16.3. The lowest BCUT2D eigenvalue weighted by Gasteiger charge is -2.16. The Kier molecular flexibility index (Phi) is 3.08. The van der Waals surface area contributed by atoms with Gasteiger partial charge in [0.25, 0.3) is 0 Å². The van der Waals surface area contributed by atoms with E-state index in [1.54, 1.807) is 0 Å². The molecular weight excluding hydrogens is 186 g/mol. The van der Waals surface area contributed by atoms with Crippen LogP contribution in [0.5, 0.6) is 0 Å². The van der Waals surface area contributed by atoms with Crippen molar-refractivity contribution in [1.82, 2.24) is 4.90 Å². The van der Waals surface area contributed by atoms with Crippen molar-refractivity contribution in [3.05, 3.63) is 34.9 Å². The van der Waals surface area contributed by atoms with Crippen molar-refractivity contribution >= 4 is 0 Å². The van der Waals surface area contributed by atoms with Crippen LogP contribution in [0.1, 0.15) is 23.1 Å². The predicted octanol–water partition coefficient (Wildman–Crippen LogP) is 1.87. The smallest absolute Gasteiger partial charge is 0.0679 e. The molecule has 1 heterocycles. The molecule has 1 aliphatic rings. The zero-order valence-corrected chi connectivity index (χ0v) is 9.53. The maximum Gasteiger partial charge on any atom is 0.0679 e. The third-order valence-corrected chi connectivity index (χ3v) is 3.15. The highest BCUT2D eigenvalue weighted by molar-refractivity contribution is 5.30. The Hall–Kier alpha value is -0.860. The normalized spacial score (nSPS) is 22.2. The van der Waals surface area contributed by atoms with Crippen LogP contribution in [0.3, 0.4) is 0 Å². The largest absolute Gasteiger partial charge is 0.392 e. The number of hydrogen-bond donors (Lipinski definition) is 1. The molecule has 0 amide bonds. The molecule has 1 aliphatic heterocycles. The summed E-state index contributed by atoms with van der Waals surface area (Å²) in [5.74, 6) is 0. The molecule has 1 saturated heterocycles. The molecule has 1 aromatic carbocycles. The molecule has 1 unspecified atom stereocenters. The summed E-state index contributed by atoms with van der Waals surface area (Å²) < 4.78 is 0. The van der Waals surface area contributed by atoms with Crippen LogP contribution in [0.2, 0.25) is 0 Å². The van der Waals surface area contributed by atoms with Crippen LogP contribution in [0.15, 0.2) is 18.2 Å². The van der Waals surface area contributed by atoms with Gasteiger partial charge in [0, 0.05) is 19.6 Å². The fraction of sp³-hybridized carbons (Fsp3) is 0.538. The van der Waals surface area contributed by atoms with Gasteiger partial charge in [0.15, 0.2) is 0 Å². The summed E-state index contributed by atoms with van der Waals surface area (Å²) >= 11 is 0. The summed E-state index contributed by atoms with van der Waals surface area (Å²) in [4.78, 5) is 2.33. The molecule has 2 nitrogen and oxygen atoms in total. The van der Waals surface area contributed by atoms with E-state index in [1.807, 2.05) is 0 Å². The molecule has 0 aromatic heterocycles. The number of β-amino-alcohol motifs (C(OH)–C–C–N with tert-alkyl or cyclic N) is 1. The monoisotopic (exact) mass is 205 g/mol. The topological polar surface area (TPSA) is 23.5 Å². The lowest BCUT2D eigenvalue weighted by Crippen LogP contribution is -2.21. The summed E-state index contributed by atoms with van der Waals surface area (Å²) in [5, 5.41) is 9.46. The Morgan fingerprint density at radius 2 is 2.20 bits per heavy atom. The number of benzene rings is 1. The molecule has 15 heavy (non-hydrogen) atoms. The predicted molar refractivity (Wildman–Crippen MR) is 61.8 cm³/mol. The van der Waals surface area contributed by atoms with E-state index >= 15 is 0 Å². The number of rotatable bonds is 2. The summed E-state index contributed by atoms with van der Waals surface area (Å²) in [7, 11) is 0. The molecule has 2 rings (SSSR count). The minimum atomic E-state index is -0.116. The molecular formula is C13H19NO. The van der Waals surface area contributed by atoms with E-state index in [9.17, 15) is 5.11 Å². The molecule has 1 aromatic rings. The maximum absolute atomic E-state index is 9.46. The van der Waals surface area contributed by atoms with Gasteiger partial charge in [0.1, 0.15) is 0 Å². The van der Waals surface area contributed by atoms with Crippen LogP contribution >= 0.6 is 0 Å². The number of aryl methyl sites for hydroxylation is 2. The lowest BCUT2D eigenvalue weighted by atomic mass is 10.1. The van der Waals surface area contributed by atoms with E-state index < -0.39 is 0 Å². The first kappa shape index (κ1) is 10.7. The first-order chi connectivity index (χ1) is 7.15. The minimum absolute atomic E-state index is 0.116. The molecule has 0 bridgehead atoms. The number of aliphatic hydroxyl groups is 1. The van der Waals surface area contributed by atoms with Crippen LogP contribution in [0.4, 0.5) is 0 Å². The van der Waals surface area contributed by atoms with Crippen molar-refractivity contribution in [3.63, 3.8) is 0 Å². The third kappa shape index (κ3) is 2.58. The summed E-state index contributed by atoms with van der Waals surface area (Å²) in [6, 6.07) is 6.58. The van der Waals surface area contributed by atoms with E-state index in [0.717, 1.165) is 26.1 Å². The Labute approximate surface area is 91.5 Å². The van der Waals surface area contributed by atoms with Crippen LogP contribution in [-0.4, -0.2) is 29.2 Å². The highest BCUT2D eigenvalue weighted by Gasteiger charge is 2.20. The van der Waals surface area contributed by atoms with Crippen LogP contribution in [-0.2, 0) is 6.54 Å². The standard InChI is InChI=1S/C13H19NO/c1-10-3-4-11(2)12(7-10)8-14-6-5-13(15)9-14/h3-4,7,13,15H,5-6,8-9H2,1-2H3. The average Bonchev–Trinajstić information content (AvgIpc) is 2.58.